The first-order valence-corrected chi connectivity index (χ1v) is 5.65. The molecule has 0 bridgehead atoms. The highest BCUT2D eigenvalue weighted by Crippen LogP contribution is 2.12. The zero-order valence-electron chi connectivity index (χ0n) is 7.89. The lowest BCUT2D eigenvalue weighted by molar-refractivity contribution is 0.281. The van der Waals surface area contributed by atoms with Gasteiger partial charge in [-0.25, -0.2) is 0 Å². The molecule has 1 aromatic carbocycles. The Morgan fingerprint density at radius 2 is 2.15 bits per heavy atom. The van der Waals surface area contributed by atoms with Crippen molar-refractivity contribution in [2.75, 3.05) is 5.33 Å². The second-order valence-corrected chi connectivity index (χ2v) is 4.00. The highest BCUT2D eigenvalue weighted by Gasteiger charge is 1.98. The number of halogens is 1. The Morgan fingerprint density at radius 3 is 2.77 bits per heavy atom. The van der Waals surface area contributed by atoms with E-state index in [9.17, 15) is 0 Å². The van der Waals surface area contributed by atoms with Gasteiger partial charge in [-0.2, -0.15) is 0 Å². The minimum atomic E-state index is 0.147. The van der Waals surface area contributed by atoms with Crippen LogP contribution in [0.2, 0.25) is 0 Å². The Balaban J connectivity index is 2.74. The van der Waals surface area contributed by atoms with Crippen molar-refractivity contribution in [1.82, 2.24) is 0 Å². The number of aryl methyl sites for hydroxylation is 2. The molecule has 2 heteroatoms. The molecule has 0 saturated heterocycles. The average Bonchev–Trinajstić information content (AvgIpc) is 2.16. The van der Waals surface area contributed by atoms with Crippen LogP contribution in [-0.4, -0.2) is 10.4 Å². The molecule has 1 nitrogen and oxygen atoms in total. The van der Waals surface area contributed by atoms with Crippen molar-refractivity contribution in [3.63, 3.8) is 0 Å². The van der Waals surface area contributed by atoms with E-state index >= 15 is 0 Å². The molecular formula is C11H15BrO. The van der Waals surface area contributed by atoms with Crippen LogP contribution in [0, 0.1) is 6.92 Å². The second kappa shape index (κ2) is 5.40. The molecule has 0 spiro atoms. The molecule has 1 rings (SSSR count). The van der Waals surface area contributed by atoms with E-state index in [2.05, 4.69) is 34.1 Å². The van der Waals surface area contributed by atoms with Crippen molar-refractivity contribution in [3.8, 4) is 0 Å². The molecule has 0 atom stereocenters. The molecule has 72 valence electrons. The van der Waals surface area contributed by atoms with Crippen molar-refractivity contribution in [2.24, 2.45) is 0 Å². The first-order chi connectivity index (χ1) is 6.27. The van der Waals surface area contributed by atoms with Gasteiger partial charge in [-0.3, -0.25) is 0 Å². The topological polar surface area (TPSA) is 20.2 Å². The lowest BCUT2D eigenvalue weighted by Gasteiger charge is -2.05. The maximum atomic E-state index is 9.06. The molecule has 0 fully saturated rings. The Hall–Kier alpha value is -0.340. The van der Waals surface area contributed by atoms with Crippen LogP contribution >= 0.6 is 15.9 Å². The molecule has 0 heterocycles. The number of benzene rings is 1. The van der Waals surface area contributed by atoms with E-state index in [-0.39, 0.29) is 6.61 Å². The van der Waals surface area contributed by atoms with Crippen LogP contribution in [-0.2, 0) is 13.0 Å². The summed E-state index contributed by atoms with van der Waals surface area (Å²) < 4.78 is 0. The third-order valence-corrected chi connectivity index (χ3v) is 2.74. The van der Waals surface area contributed by atoms with E-state index in [1.54, 1.807) is 0 Å². The standard InChI is InChI=1S/C11H15BrO/c1-9-4-5-10(3-2-6-12)7-11(9)8-13/h4-5,7,13H,2-3,6,8H2,1H3. The molecule has 0 unspecified atom stereocenters. The van der Waals surface area contributed by atoms with Crippen LogP contribution in [0.5, 0.6) is 0 Å². The predicted molar refractivity (Wildman–Crippen MR) is 59.2 cm³/mol. The summed E-state index contributed by atoms with van der Waals surface area (Å²) in [5.41, 5.74) is 3.53. The number of hydrogen-bond donors (Lipinski definition) is 1. The van der Waals surface area contributed by atoms with E-state index in [1.807, 2.05) is 6.92 Å². The fourth-order valence-corrected chi connectivity index (χ4v) is 1.60. The van der Waals surface area contributed by atoms with Gasteiger partial charge < -0.3 is 5.11 Å². The van der Waals surface area contributed by atoms with Gasteiger partial charge in [0.05, 0.1) is 6.61 Å². The fourth-order valence-electron chi connectivity index (χ4n) is 1.32. The van der Waals surface area contributed by atoms with E-state index in [0.717, 1.165) is 23.7 Å². The Labute approximate surface area is 87.9 Å². The van der Waals surface area contributed by atoms with E-state index < -0.39 is 0 Å². The van der Waals surface area contributed by atoms with Gasteiger partial charge in [0.25, 0.3) is 0 Å². The van der Waals surface area contributed by atoms with Gasteiger partial charge in [-0.05, 0) is 36.5 Å². The van der Waals surface area contributed by atoms with Gasteiger partial charge in [-0.1, -0.05) is 34.1 Å². The SMILES string of the molecule is Cc1ccc(CCCBr)cc1CO. The van der Waals surface area contributed by atoms with E-state index in [4.69, 9.17) is 5.11 Å². The minimum Gasteiger partial charge on any atom is -0.392 e. The zero-order chi connectivity index (χ0) is 9.68. The lowest BCUT2D eigenvalue weighted by Crippen LogP contribution is -1.92. The minimum absolute atomic E-state index is 0.147. The molecule has 0 aromatic heterocycles. The Kier molecular flexibility index (Phi) is 4.46. The molecule has 1 aromatic rings. The summed E-state index contributed by atoms with van der Waals surface area (Å²) >= 11 is 3.41. The van der Waals surface area contributed by atoms with Crippen molar-refractivity contribution in [1.29, 1.82) is 0 Å². The Morgan fingerprint density at radius 1 is 1.38 bits per heavy atom. The van der Waals surface area contributed by atoms with Gasteiger partial charge >= 0.3 is 0 Å². The lowest BCUT2D eigenvalue weighted by atomic mass is 10.0. The molecule has 0 aliphatic rings. The van der Waals surface area contributed by atoms with Gasteiger partial charge in [0.1, 0.15) is 0 Å². The summed E-state index contributed by atoms with van der Waals surface area (Å²) in [5.74, 6) is 0. The summed E-state index contributed by atoms with van der Waals surface area (Å²) in [6.07, 6.45) is 2.23. The van der Waals surface area contributed by atoms with Crippen LogP contribution < -0.4 is 0 Å². The van der Waals surface area contributed by atoms with Crippen LogP contribution in [0.4, 0.5) is 0 Å². The normalized spacial score (nSPS) is 10.4. The van der Waals surface area contributed by atoms with E-state index in [1.165, 1.54) is 11.1 Å². The van der Waals surface area contributed by atoms with Crippen molar-refractivity contribution >= 4 is 15.9 Å². The summed E-state index contributed by atoms with van der Waals surface area (Å²) in [5, 5.41) is 10.1. The van der Waals surface area contributed by atoms with Gasteiger partial charge in [0.15, 0.2) is 0 Å². The third-order valence-electron chi connectivity index (χ3n) is 2.18. The Bertz CT molecular complexity index is 271. The summed E-state index contributed by atoms with van der Waals surface area (Å²) in [6.45, 7) is 2.17. The van der Waals surface area contributed by atoms with Crippen molar-refractivity contribution < 1.29 is 5.11 Å². The number of alkyl halides is 1. The molecule has 1 N–H and O–H groups in total. The monoisotopic (exact) mass is 242 g/mol. The molecule has 0 aliphatic carbocycles. The van der Waals surface area contributed by atoms with Crippen LogP contribution in [0.15, 0.2) is 18.2 Å². The van der Waals surface area contributed by atoms with Gasteiger partial charge in [-0.15, -0.1) is 0 Å². The smallest absolute Gasteiger partial charge is 0.0684 e. The molecule has 0 saturated carbocycles. The maximum absolute atomic E-state index is 9.06. The summed E-state index contributed by atoms with van der Waals surface area (Å²) in [6, 6.07) is 6.31. The van der Waals surface area contributed by atoms with E-state index in [0.29, 0.717) is 0 Å². The average molecular weight is 243 g/mol. The van der Waals surface area contributed by atoms with Crippen LogP contribution in [0.3, 0.4) is 0 Å². The maximum Gasteiger partial charge on any atom is 0.0684 e. The number of aliphatic hydroxyl groups is 1. The molecule has 0 aliphatic heterocycles. The predicted octanol–water partition coefficient (Wildman–Crippen LogP) is 2.81. The molecule has 13 heavy (non-hydrogen) atoms. The summed E-state index contributed by atoms with van der Waals surface area (Å²) in [4.78, 5) is 0. The second-order valence-electron chi connectivity index (χ2n) is 3.21. The quantitative estimate of drug-likeness (QED) is 0.806. The van der Waals surface area contributed by atoms with Crippen LogP contribution in [0.1, 0.15) is 23.1 Å². The van der Waals surface area contributed by atoms with Gasteiger partial charge in [0.2, 0.25) is 0 Å². The third kappa shape index (κ3) is 3.12. The highest BCUT2D eigenvalue weighted by atomic mass is 79.9. The largest absolute Gasteiger partial charge is 0.392 e. The van der Waals surface area contributed by atoms with Crippen molar-refractivity contribution in [3.05, 3.63) is 34.9 Å². The fraction of sp³-hybridized carbons (Fsp3) is 0.455. The number of hydrogen-bond acceptors (Lipinski definition) is 1. The zero-order valence-corrected chi connectivity index (χ0v) is 9.47. The van der Waals surface area contributed by atoms with Crippen LogP contribution in [0.25, 0.3) is 0 Å². The first-order valence-electron chi connectivity index (χ1n) is 4.53. The molecular weight excluding hydrogens is 228 g/mol. The number of aliphatic hydroxyl groups excluding tert-OH is 1. The molecule has 0 radical (unpaired) electrons. The van der Waals surface area contributed by atoms with Gasteiger partial charge in [0, 0.05) is 5.33 Å². The highest BCUT2D eigenvalue weighted by molar-refractivity contribution is 9.09. The van der Waals surface area contributed by atoms with Crippen molar-refractivity contribution in [2.45, 2.75) is 26.4 Å². The first kappa shape index (κ1) is 10.7. The molecule has 0 amide bonds. The number of rotatable bonds is 4. The summed E-state index contributed by atoms with van der Waals surface area (Å²) in [7, 11) is 0.